The maximum atomic E-state index is 13.3. The van der Waals surface area contributed by atoms with Crippen molar-refractivity contribution < 1.29 is 44.7 Å². The summed E-state index contributed by atoms with van der Waals surface area (Å²) in [5.74, 6) is -6.55. The monoisotopic (exact) mass is 511 g/mol. The largest absolute Gasteiger partial charge is 0.481 e. The number of alkyl halides is 5. The standard InChI is InChI=1S/C22H23F6NO4S/c23-17-10-12-18(13-11-17)34(32,33)29-19(4-2-14-21(24,25)22(26,27)28)16-8-6-15(7-9-16)3-1-5-20(30)31/h6-13,19,29H,1-5,14H2,(H,30,31)/t19-/m1/s1. The van der Waals surface area contributed by atoms with E-state index in [1.54, 1.807) is 12.1 Å². The van der Waals surface area contributed by atoms with Crippen LogP contribution in [-0.4, -0.2) is 31.6 Å². The second kappa shape index (κ2) is 11.2. The fourth-order valence-corrected chi connectivity index (χ4v) is 4.45. The minimum Gasteiger partial charge on any atom is -0.481 e. The molecule has 0 heterocycles. The van der Waals surface area contributed by atoms with E-state index in [4.69, 9.17) is 5.11 Å². The summed E-state index contributed by atoms with van der Waals surface area (Å²) in [7, 11) is -4.24. The number of hydrogen-bond acceptors (Lipinski definition) is 3. The molecule has 0 aliphatic carbocycles. The molecule has 2 rings (SSSR count). The summed E-state index contributed by atoms with van der Waals surface area (Å²) in [4.78, 5) is 10.3. The fraction of sp³-hybridized carbons (Fsp3) is 0.409. The van der Waals surface area contributed by atoms with Crippen LogP contribution in [0.3, 0.4) is 0 Å². The van der Waals surface area contributed by atoms with Gasteiger partial charge in [0.05, 0.1) is 4.90 Å². The lowest BCUT2D eigenvalue weighted by molar-refractivity contribution is -0.284. The van der Waals surface area contributed by atoms with Crippen molar-refractivity contribution in [3.05, 3.63) is 65.5 Å². The van der Waals surface area contributed by atoms with E-state index in [-0.39, 0.29) is 17.7 Å². The minimum atomic E-state index is -5.71. The van der Waals surface area contributed by atoms with Crippen LogP contribution >= 0.6 is 0 Å². The number of carbonyl (C=O) groups is 1. The van der Waals surface area contributed by atoms with Crippen LogP contribution in [0.1, 0.15) is 49.3 Å². The normalized spacial score (nSPS) is 13.6. The average Bonchev–Trinajstić information content (AvgIpc) is 2.72. The molecule has 0 saturated heterocycles. The summed E-state index contributed by atoms with van der Waals surface area (Å²) in [5.41, 5.74) is 1.07. The number of rotatable bonds is 12. The quantitative estimate of drug-likeness (QED) is 0.363. The molecule has 0 unspecified atom stereocenters. The topological polar surface area (TPSA) is 83.5 Å². The molecular weight excluding hydrogens is 488 g/mol. The average molecular weight is 511 g/mol. The van der Waals surface area contributed by atoms with Crippen molar-refractivity contribution in [3.8, 4) is 0 Å². The zero-order valence-corrected chi connectivity index (χ0v) is 18.6. The molecule has 0 saturated carbocycles. The first-order valence-electron chi connectivity index (χ1n) is 10.2. The Hall–Kier alpha value is -2.60. The van der Waals surface area contributed by atoms with Crippen LogP contribution < -0.4 is 4.72 Å². The summed E-state index contributed by atoms with van der Waals surface area (Å²) in [6.45, 7) is 0. The Morgan fingerprint density at radius 3 is 2.06 bits per heavy atom. The molecule has 2 aromatic rings. The fourth-order valence-electron chi connectivity index (χ4n) is 3.19. The Labute approximate surface area is 192 Å². The van der Waals surface area contributed by atoms with E-state index in [2.05, 4.69) is 4.72 Å². The molecule has 0 amide bonds. The SMILES string of the molecule is O=C(O)CCCc1ccc([C@@H](CCCC(F)(F)C(F)(F)F)NS(=O)(=O)c2ccc(F)cc2)cc1. The first-order chi connectivity index (χ1) is 15.7. The van der Waals surface area contributed by atoms with Gasteiger partial charge in [0.2, 0.25) is 10.0 Å². The van der Waals surface area contributed by atoms with Crippen LogP contribution in [0.5, 0.6) is 0 Å². The zero-order chi connectivity index (χ0) is 25.6. The molecule has 0 radical (unpaired) electrons. The molecule has 0 aromatic heterocycles. The van der Waals surface area contributed by atoms with Gasteiger partial charge in [-0.2, -0.15) is 22.0 Å². The number of carboxylic acid groups (broad SMARTS) is 1. The third-order valence-corrected chi connectivity index (χ3v) is 6.55. The van der Waals surface area contributed by atoms with E-state index < -0.39 is 52.8 Å². The highest BCUT2D eigenvalue weighted by molar-refractivity contribution is 7.89. The van der Waals surface area contributed by atoms with Gasteiger partial charge in [0.1, 0.15) is 5.82 Å². The third-order valence-electron chi connectivity index (χ3n) is 5.06. The molecule has 34 heavy (non-hydrogen) atoms. The van der Waals surface area contributed by atoms with Gasteiger partial charge in [-0.3, -0.25) is 4.79 Å². The van der Waals surface area contributed by atoms with Crippen molar-refractivity contribution in [1.82, 2.24) is 4.72 Å². The van der Waals surface area contributed by atoms with Crippen LogP contribution in [0, 0.1) is 5.82 Å². The van der Waals surface area contributed by atoms with Crippen molar-refractivity contribution in [2.45, 2.75) is 61.6 Å². The van der Waals surface area contributed by atoms with Gasteiger partial charge in [0.15, 0.2) is 0 Å². The molecule has 0 aliphatic rings. The van der Waals surface area contributed by atoms with Gasteiger partial charge in [-0.05, 0) is 61.1 Å². The van der Waals surface area contributed by atoms with Gasteiger partial charge < -0.3 is 5.11 Å². The number of benzene rings is 2. The molecular formula is C22H23F6NO4S. The first-order valence-corrected chi connectivity index (χ1v) is 11.7. The van der Waals surface area contributed by atoms with Crippen molar-refractivity contribution in [2.75, 3.05) is 0 Å². The Kier molecular flexibility index (Phi) is 9.12. The highest BCUT2D eigenvalue weighted by Crippen LogP contribution is 2.39. The van der Waals surface area contributed by atoms with Crippen LogP contribution in [0.2, 0.25) is 0 Å². The number of aryl methyl sites for hydroxylation is 1. The Morgan fingerprint density at radius 2 is 1.53 bits per heavy atom. The summed E-state index contributed by atoms with van der Waals surface area (Å²) in [6, 6.07) is 8.88. The van der Waals surface area contributed by atoms with Gasteiger partial charge in [-0.15, -0.1) is 0 Å². The maximum absolute atomic E-state index is 13.3. The number of hydrogen-bond donors (Lipinski definition) is 2. The molecule has 0 fully saturated rings. The molecule has 2 N–H and O–H groups in total. The van der Waals surface area contributed by atoms with Crippen molar-refractivity contribution in [3.63, 3.8) is 0 Å². The van der Waals surface area contributed by atoms with Crippen LogP contribution in [-0.2, 0) is 21.2 Å². The third kappa shape index (κ3) is 8.01. The summed E-state index contributed by atoms with van der Waals surface area (Å²) >= 11 is 0. The van der Waals surface area contributed by atoms with E-state index >= 15 is 0 Å². The van der Waals surface area contributed by atoms with E-state index in [1.165, 1.54) is 12.1 Å². The highest BCUT2D eigenvalue weighted by Gasteiger charge is 2.56. The Bertz CT molecular complexity index is 1050. The lowest BCUT2D eigenvalue weighted by Crippen LogP contribution is -2.36. The van der Waals surface area contributed by atoms with Crippen LogP contribution in [0.25, 0.3) is 0 Å². The Morgan fingerprint density at radius 1 is 0.941 bits per heavy atom. The zero-order valence-electron chi connectivity index (χ0n) is 17.8. The summed E-state index contributed by atoms with van der Waals surface area (Å²) in [5, 5.41) is 8.71. The second-order valence-corrected chi connectivity index (χ2v) is 9.43. The summed E-state index contributed by atoms with van der Waals surface area (Å²) < 4.78 is 105. The van der Waals surface area contributed by atoms with Crippen LogP contribution in [0.4, 0.5) is 26.3 Å². The maximum Gasteiger partial charge on any atom is 0.453 e. The molecule has 12 heteroatoms. The lowest BCUT2D eigenvalue weighted by Gasteiger charge is -2.23. The predicted molar refractivity (Wildman–Crippen MR) is 111 cm³/mol. The van der Waals surface area contributed by atoms with E-state index in [9.17, 15) is 39.6 Å². The number of carboxylic acids is 1. The van der Waals surface area contributed by atoms with Gasteiger partial charge >= 0.3 is 18.1 Å². The van der Waals surface area contributed by atoms with Gasteiger partial charge in [-0.1, -0.05) is 24.3 Å². The van der Waals surface area contributed by atoms with Gasteiger partial charge in [0.25, 0.3) is 0 Å². The number of halogens is 6. The molecule has 1 atom stereocenters. The van der Waals surface area contributed by atoms with E-state index in [1.807, 2.05) is 0 Å². The first kappa shape index (κ1) is 27.6. The lowest BCUT2D eigenvalue weighted by atomic mass is 9.98. The number of sulfonamides is 1. The molecule has 0 aliphatic heterocycles. The van der Waals surface area contributed by atoms with Crippen LogP contribution in [0.15, 0.2) is 53.4 Å². The summed E-state index contributed by atoms with van der Waals surface area (Å²) in [6.07, 6.45) is -7.48. The smallest absolute Gasteiger partial charge is 0.453 e. The molecule has 0 bridgehead atoms. The predicted octanol–water partition coefficient (Wildman–Crippen LogP) is 5.62. The second-order valence-electron chi connectivity index (χ2n) is 7.71. The number of nitrogens with one attached hydrogen (secondary N) is 1. The molecule has 188 valence electrons. The van der Waals surface area contributed by atoms with Gasteiger partial charge in [-0.25, -0.2) is 17.5 Å². The van der Waals surface area contributed by atoms with Crippen molar-refractivity contribution in [1.29, 1.82) is 0 Å². The molecule has 5 nitrogen and oxygen atoms in total. The molecule has 0 spiro atoms. The Balaban J connectivity index is 2.21. The number of aliphatic carboxylic acids is 1. The highest BCUT2D eigenvalue weighted by atomic mass is 32.2. The van der Waals surface area contributed by atoms with Gasteiger partial charge in [0, 0.05) is 18.9 Å². The van der Waals surface area contributed by atoms with E-state index in [0.29, 0.717) is 18.4 Å². The van der Waals surface area contributed by atoms with Crippen molar-refractivity contribution in [2.24, 2.45) is 0 Å². The van der Waals surface area contributed by atoms with E-state index in [0.717, 1.165) is 29.8 Å². The molecule has 2 aromatic carbocycles. The minimum absolute atomic E-state index is 0.0464. The van der Waals surface area contributed by atoms with Crippen molar-refractivity contribution >= 4 is 16.0 Å².